The van der Waals surface area contributed by atoms with Gasteiger partial charge in [0.1, 0.15) is 28.9 Å². The second kappa shape index (κ2) is 5.55. The van der Waals surface area contributed by atoms with E-state index in [1.165, 1.54) is 18.2 Å². The topological polar surface area (TPSA) is 76.2 Å². The van der Waals surface area contributed by atoms with Crippen molar-refractivity contribution in [2.24, 2.45) is 0 Å². The van der Waals surface area contributed by atoms with Crippen LogP contribution in [0.2, 0.25) is 5.02 Å². The van der Waals surface area contributed by atoms with Gasteiger partial charge in [-0.05, 0) is 24.3 Å². The number of nitrogens with zero attached hydrogens (tertiary/aromatic N) is 2. The van der Waals surface area contributed by atoms with Crippen molar-refractivity contribution >= 4 is 17.3 Å². The summed E-state index contributed by atoms with van der Waals surface area (Å²) in [6, 6.07) is 8.90. The number of non-ortho nitro benzene ring substituents is 1. The Hall–Kier alpha value is -2.65. The van der Waals surface area contributed by atoms with Gasteiger partial charge in [-0.2, -0.15) is 5.26 Å². The van der Waals surface area contributed by atoms with Gasteiger partial charge in [0.25, 0.3) is 5.69 Å². The first-order chi connectivity index (χ1) is 9.51. The van der Waals surface area contributed by atoms with E-state index in [0.717, 1.165) is 18.2 Å². The number of benzene rings is 2. The molecule has 0 aromatic heterocycles. The molecule has 0 unspecified atom stereocenters. The molecule has 0 spiro atoms. The molecular weight excluding hydrogens is 287 g/mol. The van der Waals surface area contributed by atoms with E-state index in [1.807, 2.05) is 0 Å². The molecule has 2 aromatic rings. The Labute approximate surface area is 117 Å². The van der Waals surface area contributed by atoms with E-state index in [1.54, 1.807) is 6.07 Å². The maximum absolute atomic E-state index is 12.9. The Morgan fingerprint density at radius 3 is 2.55 bits per heavy atom. The van der Waals surface area contributed by atoms with Crippen molar-refractivity contribution in [1.29, 1.82) is 5.26 Å². The predicted octanol–water partition coefficient (Wildman–Crippen LogP) is 4.05. The summed E-state index contributed by atoms with van der Waals surface area (Å²) in [6.45, 7) is 0. The van der Waals surface area contributed by atoms with Gasteiger partial charge in [0.2, 0.25) is 0 Å². The lowest BCUT2D eigenvalue weighted by Gasteiger charge is -2.08. The van der Waals surface area contributed by atoms with E-state index in [-0.39, 0.29) is 27.8 Å². The van der Waals surface area contributed by atoms with Gasteiger partial charge in [-0.25, -0.2) is 4.39 Å². The number of rotatable bonds is 3. The summed E-state index contributed by atoms with van der Waals surface area (Å²) in [7, 11) is 0. The summed E-state index contributed by atoms with van der Waals surface area (Å²) in [4.78, 5) is 10.0. The minimum atomic E-state index is -0.616. The quantitative estimate of drug-likeness (QED) is 0.631. The Bertz CT molecular complexity index is 728. The predicted molar refractivity (Wildman–Crippen MR) is 69.3 cm³/mol. The standard InChI is InChI=1S/C13H6ClFN2O3/c14-11-6-9(15)1-3-13(11)20-12-4-2-10(17(18)19)5-8(12)7-16/h1-6H. The largest absolute Gasteiger partial charge is 0.454 e. The van der Waals surface area contributed by atoms with Crippen molar-refractivity contribution in [3.8, 4) is 17.6 Å². The van der Waals surface area contributed by atoms with Gasteiger partial charge in [0.15, 0.2) is 0 Å². The van der Waals surface area contributed by atoms with Crippen molar-refractivity contribution in [1.82, 2.24) is 0 Å². The minimum Gasteiger partial charge on any atom is -0.454 e. The molecule has 20 heavy (non-hydrogen) atoms. The molecule has 100 valence electrons. The second-order valence-corrected chi connectivity index (χ2v) is 4.13. The summed E-state index contributed by atoms with van der Waals surface area (Å²) < 4.78 is 18.3. The molecule has 0 aliphatic rings. The van der Waals surface area contributed by atoms with Crippen LogP contribution in [0.15, 0.2) is 36.4 Å². The zero-order valence-corrected chi connectivity index (χ0v) is 10.6. The van der Waals surface area contributed by atoms with Crippen LogP contribution in [0.25, 0.3) is 0 Å². The van der Waals surface area contributed by atoms with Crippen LogP contribution in [-0.2, 0) is 0 Å². The van der Waals surface area contributed by atoms with Crippen LogP contribution in [-0.4, -0.2) is 4.92 Å². The van der Waals surface area contributed by atoms with Crippen LogP contribution in [0.5, 0.6) is 11.5 Å². The summed E-state index contributed by atoms with van der Waals surface area (Å²) in [5.41, 5.74) is -0.237. The SMILES string of the molecule is N#Cc1cc([N+](=O)[O-])ccc1Oc1ccc(F)cc1Cl. The molecule has 7 heteroatoms. The Morgan fingerprint density at radius 1 is 1.25 bits per heavy atom. The molecule has 0 aliphatic heterocycles. The molecule has 0 bridgehead atoms. The van der Waals surface area contributed by atoms with E-state index < -0.39 is 10.7 Å². The summed E-state index contributed by atoms with van der Waals surface area (Å²) in [5.74, 6) is -0.267. The van der Waals surface area contributed by atoms with Crippen molar-refractivity contribution in [2.45, 2.75) is 0 Å². The van der Waals surface area contributed by atoms with Crippen LogP contribution in [0, 0.1) is 27.3 Å². The third kappa shape index (κ3) is 2.84. The van der Waals surface area contributed by atoms with Crippen molar-refractivity contribution < 1.29 is 14.1 Å². The third-order valence-electron chi connectivity index (χ3n) is 2.41. The zero-order valence-electron chi connectivity index (χ0n) is 9.84. The molecule has 0 aliphatic carbocycles. The summed E-state index contributed by atoms with van der Waals surface area (Å²) in [6.07, 6.45) is 0. The van der Waals surface area contributed by atoms with Gasteiger partial charge < -0.3 is 4.74 Å². The van der Waals surface area contributed by atoms with Crippen LogP contribution < -0.4 is 4.74 Å². The second-order valence-electron chi connectivity index (χ2n) is 3.73. The molecule has 5 nitrogen and oxygen atoms in total. The fourth-order valence-electron chi connectivity index (χ4n) is 1.48. The van der Waals surface area contributed by atoms with E-state index in [9.17, 15) is 14.5 Å². The minimum absolute atomic E-state index is 0.0143. The Balaban J connectivity index is 2.39. The number of nitriles is 1. The smallest absolute Gasteiger partial charge is 0.271 e. The van der Waals surface area contributed by atoms with Gasteiger partial charge in [-0.3, -0.25) is 10.1 Å². The number of hydrogen-bond acceptors (Lipinski definition) is 4. The number of nitro groups is 1. The molecule has 0 saturated carbocycles. The highest BCUT2D eigenvalue weighted by molar-refractivity contribution is 6.32. The fraction of sp³-hybridized carbons (Fsp3) is 0. The number of nitro benzene ring substituents is 1. The van der Waals surface area contributed by atoms with Crippen molar-refractivity contribution in [3.63, 3.8) is 0 Å². The molecule has 0 saturated heterocycles. The highest BCUT2D eigenvalue weighted by Crippen LogP contribution is 2.32. The maximum Gasteiger partial charge on any atom is 0.271 e. The van der Waals surface area contributed by atoms with Gasteiger partial charge >= 0.3 is 0 Å². The number of halogens is 2. The highest BCUT2D eigenvalue weighted by Gasteiger charge is 2.13. The molecule has 0 heterocycles. The van der Waals surface area contributed by atoms with E-state index in [0.29, 0.717) is 0 Å². The van der Waals surface area contributed by atoms with Crippen molar-refractivity contribution in [3.05, 3.63) is 62.9 Å². The lowest BCUT2D eigenvalue weighted by Crippen LogP contribution is -1.93. The molecule has 0 radical (unpaired) electrons. The van der Waals surface area contributed by atoms with Crippen LogP contribution in [0.3, 0.4) is 0 Å². The monoisotopic (exact) mass is 292 g/mol. The van der Waals surface area contributed by atoms with Crippen molar-refractivity contribution in [2.75, 3.05) is 0 Å². The van der Waals surface area contributed by atoms with Crippen LogP contribution in [0.4, 0.5) is 10.1 Å². The average Bonchev–Trinajstić information content (AvgIpc) is 2.42. The van der Waals surface area contributed by atoms with Crippen LogP contribution in [0.1, 0.15) is 5.56 Å². The maximum atomic E-state index is 12.9. The molecule has 2 aromatic carbocycles. The third-order valence-corrected chi connectivity index (χ3v) is 2.70. The Kier molecular flexibility index (Phi) is 3.82. The van der Waals surface area contributed by atoms with E-state index in [2.05, 4.69) is 0 Å². The first-order valence-electron chi connectivity index (χ1n) is 5.32. The Morgan fingerprint density at radius 2 is 1.95 bits per heavy atom. The molecule has 0 fully saturated rings. The lowest BCUT2D eigenvalue weighted by atomic mass is 10.2. The number of hydrogen-bond donors (Lipinski definition) is 0. The van der Waals surface area contributed by atoms with Gasteiger partial charge in [-0.1, -0.05) is 11.6 Å². The lowest BCUT2D eigenvalue weighted by molar-refractivity contribution is -0.384. The van der Waals surface area contributed by atoms with Gasteiger partial charge in [0.05, 0.1) is 9.95 Å². The zero-order chi connectivity index (χ0) is 14.7. The average molecular weight is 293 g/mol. The van der Waals surface area contributed by atoms with Gasteiger partial charge in [0, 0.05) is 12.1 Å². The first-order valence-corrected chi connectivity index (χ1v) is 5.70. The summed E-state index contributed by atoms with van der Waals surface area (Å²) >= 11 is 5.80. The normalized spacial score (nSPS) is 9.85. The van der Waals surface area contributed by atoms with E-state index in [4.69, 9.17) is 21.6 Å². The highest BCUT2D eigenvalue weighted by atomic mass is 35.5. The number of ether oxygens (including phenoxy) is 1. The molecule has 0 atom stereocenters. The van der Waals surface area contributed by atoms with Crippen LogP contribution >= 0.6 is 11.6 Å². The molecule has 2 rings (SSSR count). The van der Waals surface area contributed by atoms with E-state index >= 15 is 0 Å². The molecule has 0 amide bonds. The fourth-order valence-corrected chi connectivity index (χ4v) is 1.69. The first kappa shape index (κ1) is 13.8. The van der Waals surface area contributed by atoms with Gasteiger partial charge in [-0.15, -0.1) is 0 Å². The summed E-state index contributed by atoms with van der Waals surface area (Å²) in [5, 5.41) is 19.6. The molecular formula is C13H6ClFN2O3. The molecule has 0 N–H and O–H groups in total.